The van der Waals surface area contributed by atoms with E-state index in [2.05, 4.69) is 20.0 Å². The SMILES string of the molecule is C1CCN(c2nnc(N3CCCCC3)o2)CC1. The topological polar surface area (TPSA) is 45.4 Å². The first kappa shape index (κ1) is 10.9. The van der Waals surface area contributed by atoms with Crippen molar-refractivity contribution in [2.24, 2.45) is 0 Å². The van der Waals surface area contributed by atoms with Gasteiger partial charge in [-0.25, -0.2) is 0 Å². The summed E-state index contributed by atoms with van der Waals surface area (Å²) in [4.78, 5) is 4.42. The molecule has 2 saturated heterocycles. The van der Waals surface area contributed by atoms with Crippen molar-refractivity contribution < 1.29 is 4.42 Å². The monoisotopic (exact) mass is 236 g/mol. The molecule has 0 bridgehead atoms. The van der Waals surface area contributed by atoms with Gasteiger partial charge in [0, 0.05) is 26.2 Å². The highest BCUT2D eigenvalue weighted by atomic mass is 16.4. The molecule has 0 aromatic carbocycles. The Morgan fingerprint density at radius 2 is 1.06 bits per heavy atom. The molecule has 94 valence electrons. The second-order valence-electron chi connectivity index (χ2n) is 4.96. The molecular formula is C12H20N4O. The van der Waals surface area contributed by atoms with Crippen LogP contribution >= 0.6 is 0 Å². The maximum atomic E-state index is 5.79. The molecule has 2 aliphatic heterocycles. The number of hydrogen-bond acceptors (Lipinski definition) is 5. The minimum atomic E-state index is 0.713. The van der Waals surface area contributed by atoms with Gasteiger partial charge in [-0.1, -0.05) is 10.2 Å². The summed E-state index contributed by atoms with van der Waals surface area (Å²) in [5.74, 6) is 0. The molecule has 1 aromatic heterocycles. The van der Waals surface area contributed by atoms with E-state index >= 15 is 0 Å². The number of piperidine rings is 2. The summed E-state index contributed by atoms with van der Waals surface area (Å²) < 4.78 is 5.79. The largest absolute Gasteiger partial charge is 0.389 e. The normalized spacial score (nSPS) is 21.9. The van der Waals surface area contributed by atoms with E-state index in [9.17, 15) is 0 Å². The Morgan fingerprint density at radius 3 is 1.47 bits per heavy atom. The highest BCUT2D eigenvalue weighted by molar-refractivity contribution is 5.33. The van der Waals surface area contributed by atoms with E-state index in [4.69, 9.17) is 4.42 Å². The van der Waals surface area contributed by atoms with Crippen LogP contribution in [-0.4, -0.2) is 36.4 Å². The lowest BCUT2D eigenvalue weighted by Gasteiger charge is -2.25. The van der Waals surface area contributed by atoms with E-state index in [1.54, 1.807) is 0 Å². The molecule has 3 heterocycles. The van der Waals surface area contributed by atoms with Crippen LogP contribution in [0.2, 0.25) is 0 Å². The molecule has 0 unspecified atom stereocenters. The zero-order chi connectivity index (χ0) is 11.5. The van der Waals surface area contributed by atoms with Crippen molar-refractivity contribution >= 4 is 12.0 Å². The quantitative estimate of drug-likeness (QED) is 0.786. The molecule has 0 N–H and O–H groups in total. The minimum absolute atomic E-state index is 0.713. The van der Waals surface area contributed by atoms with E-state index < -0.39 is 0 Å². The Hall–Kier alpha value is -1.26. The van der Waals surface area contributed by atoms with Crippen LogP contribution in [-0.2, 0) is 0 Å². The maximum absolute atomic E-state index is 5.79. The maximum Gasteiger partial charge on any atom is 0.319 e. The Balaban J connectivity index is 1.68. The van der Waals surface area contributed by atoms with Crippen molar-refractivity contribution in [3.8, 4) is 0 Å². The number of aromatic nitrogens is 2. The third-order valence-corrected chi connectivity index (χ3v) is 3.66. The molecular weight excluding hydrogens is 216 g/mol. The van der Waals surface area contributed by atoms with Crippen molar-refractivity contribution in [2.45, 2.75) is 38.5 Å². The molecule has 5 heteroatoms. The van der Waals surface area contributed by atoms with Crippen molar-refractivity contribution in [1.82, 2.24) is 10.2 Å². The highest BCUT2D eigenvalue weighted by Gasteiger charge is 2.20. The van der Waals surface area contributed by atoms with Gasteiger partial charge >= 0.3 is 12.0 Å². The van der Waals surface area contributed by atoms with E-state index in [1.165, 1.54) is 38.5 Å². The summed E-state index contributed by atoms with van der Waals surface area (Å²) in [7, 11) is 0. The van der Waals surface area contributed by atoms with Crippen LogP contribution in [0.25, 0.3) is 0 Å². The van der Waals surface area contributed by atoms with E-state index in [1.807, 2.05) is 0 Å². The third kappa shape index (κ3) is 2.37. The van der Waals surface area contributed by atoms with Gasteiger partial charge in [0.05, 0.1) is 0 Å². The fraction of sp³-hybridized carbons (Fsp3) is 0.833. The van der Waals surface area contributed by atoms with Gasteiger partial charge < -0.3 is 14.2 Å². The Morgan fingerprint density at radius 1 is 0.647 bits per heavy atom. The average molecular weight is 236 g/mol. The predicted molar refractivity (Wildman–Crippen MR) is 66.4 cm³/mol. The van der Waals surface area contributed by atoms with Gasteiger partial charge in [-0.3, -0.25) is 0 Å². The summed E-state index contributed by atoms with van der Waals surface area (Å²) >= 11 is 0. The van der Waals surface area contributed by atoms with Gasteiger partial charge in [0.25, 0.3) is 0 Å². The van der Waals surface area contributed by atoms with Crippen LogP contribution in [0.3, 0.4) is 0 Å². The van der Waals surface area contributed by atoms with Gasteiger partial charge in [0.1, 0.15) is 0 Å². The standard InChI is InChI=1S/C12H20N4O/c1-3-7-15(8-4-1)11-13-14-12(17-11)16-9-5-2-6-10-16/h1-10H2. The first-order valence-electron chi connectivity index (χ1n) is 6.77. The van der Waals surface area contributed by atoms with Crippen molar-refractivity contribution in [1.29, 1.82) is 0 Å². The molecule has 5 nitrogen and oxygen atoms in total. The van der Waals surface area contributed by atoms with Gasteiger partial charge in [0.15, 0.2) is 0 Å². The zero-order valence-electron chi connectivity index (χ0n) is 10.3. The highest BCUT2D eigenvalue weighted by Crippen LogP contribution is 2.24. The molecule has 0 saturated carbocycles. The molecule has 2 fully saturated rings. The second-order valence-corrected chi connectivity index (χ2v) is 4.96. The summed E-state index contributed by atoms with van der Waals surface area (Å²) in [5, 5.41) is 8.37. The van der Waals surface area contributed by atoms with E-state index in [0.717, 1.165) is 26.2 Å². The lowest BCUT2D eigenvalue weighted by atomic mass is 10.1. The molecule has 0 atom stereocenters. The van der Waals surface area contributed by atoms with Crippen molar-refractivity contribution in [3.63, 3.8) is 0 Å². The first-order chi connectivity index (χ1) is 8.43. The number of nitrogens with zero attached hydrogens (tertiary/aromatic N) is 4. The molecule has 3 rings (SSSR count). The van der Waals surface area contributed by atoms with Gasteiger partial charge in [-0.05, 0) is 38.5 Å². The third-order valence-electron chi connectivity index (χ3n) is 3.66. The summed E-state index contributed by atoms with van der Waals surface area (Å²) in [5.41, 5.74) is 0. The van der Waals surface area contributed by atoms with E-state index in [-0.39, 0.29) is 0 Å². The zero-order valence-corrected chi connectivity index (χ0v) is 10.3. The van der Waals surface area contributed by atoms with Gasteiger partial charge in [0.2, 0.25) is 0 Å². The molecule has 17 heavy (non-hydrogen) atoms. The Bertz CT molecular complexity index is 321. The molecule has 0 amide bonds. The van der Waals surface area contributed by atoms with Crippen LogP contribution in [0.5, 0.6) is 0 Å². The van der Waals surface area contributed by atoms with Crippen molar-refractivity contribution in [3.05, 3.63) is 0 Å². The fourth-order valence-corrected chi connectivity index (χ4v) is 2.63. The molecule has 1 aromatic rings. The van der Waals surface area contributed by atoms with Gasteiger partial charge in [-0.2, -0.15) is 0 Å². The number of anilines is 2. The Kier molecular flexibility index (Phi) is 3.16. The minimum Gasteiger partial charge on any atom is -0.389 e. The predicted octanol–water partition coefficient (Wildman–Crippen LogP) is 2.05. The Labute approximate surface area is 102 Å². The van der Waals surface area contributed by atoms with E-state index in [0.29, 0.717) is 12.0 Å². The number of rotatable bonds is 2. The van der Waals surface area contributed by atoms with Crippen LogP contribution in [0.1, 0.15) is 38.5 Å². The van der Waals surface area contributed by atoms with Crippen LogP contribution in [0.15, 0.2) is 4.42 Å². The number of hydrogen-bond donors (Lipinski definition) is 0. The van der Waals surface area contributed by atoms with Crippen LogP contribution in [0.4, 0.5) is 12.0 Å². The first-order valence-corrected chi connectivity index (χ1v) is 6.77. The fourth-order valence-electron chi connectivity index (χ4n) is 2.63. The second kappa shape index (κ2) is 4.94. The van der Waals surface area contributed by atoms with Crippen LogP contribution < -0.4 is 9.80 Å². The van der Waals surface area contributed by atoms with Gasteiger partial charge in [-0.15, -0.1) is 0 Å². The van der Waals surface area contributed by atoms with Crippen molar-refractivity contribution in [2.75, 3.05) is 36.0 Å². The average Bonchev–Trinajstić information content (AvgIpc) is 2.90. The summed E-state index contributed by atoms with van der Waals surface area (Å²) in [6, 6.07) is 1.43. The summed E-state index contributed by atoms with van der Waals surface area (Å²) in [6.45, 7) is 4.23. The molecule has 0 spiro atoms. The summed E-state index contributed by atoms with van der Waals surface area (Å²) in [6.07, 6.45) is 7.60. The molecule has 2 aliphatic rings. The lowest BCUT2D eigenvalue weighted by molar-refractivity contribution is 0.468. The molecule has 0 aliphatic carbocycles. The smallest absolute Gasteiger partial charge is 0.319 e. The van der Waals surface area contributed by atoms with Crippen LogP contribution in [0, 0.1) is 0 Å². The molecule has 0 radical (unpaired) electrons. The lowest BCUT2D eigenvalue weighted by Crippen LogP contribution is -2.30.